The summed E-state index contributed by atoms with van der Waals surface area (Å²) in [5, 5.41) is 14.3. The minimum absolute atomic E-state index is 0.172. The molecule has 0 fully saturated rings. The number of aromatic nitrogens is 2. The Bertz CT molecular complexity index is 1550. The SMILES string of the molecule is CCOC(=O)c1ccc(-c2cn(CCC(C)(C)NCC(O)c3cccc(NS(=O)(=O)c4ccccc4)c3)cn2)cc1. The van der Waals surface area contributed by atoms with Crippen LogP contribution >= 0.6 is 0 Å². The first kappa shape index (κ1) is 30.0. The van der Waals surface area contributed by atoms with E-state index in [4.69, 9.17) is 4.74 Å². The van der Waals surface area contributed by atoms with Crippen molar-refractivity contribution in [3.8, 4) is 11.3 Å². The fraction of sp³-hybridized carbons (Fsp3) is 0.290. The van der Waals surface area contributed by atoms with E-state index in [0.717, 1.165) is 17.7 Å². The van der Waals surface area contributed by atoms with E-state index in [9.17, 15) is 18.3 Å². The maximum Gasteiger partial charge on any atom is 0.338 e. The highest BCUT2D eigenvalue weighted by Crippen LogP contribution is 2.22. The molecule has 0 saturated heterocycles. The lowest BCUT2D eigenvalue weighted by Gasteiger charge is -2.28. The van der Waals surface area contributed by atoms with Crippen molar-refractivity contribution in [1.82, 2.24) is 14.9 Å². The number of aliphatic hydroxyl groups excluding tert-OH is 1. The minimum Gasteiger partial charge on any atom is -0.462 e. The van der Waals surface area contributed by atoms with Crippen molar-refractivity contribution >= 4 is 21.7 Å². The summed E-state index contributed by atoms with van der Waals surface area (Å²) < 4.78 is 34.9. The summed E-state index contributed by atoms with van der Waals surface area (Å²) >= 11 is 0. The molecule has 1 aromatic heterocycles. The topological polar surface area (TPSA) is 123 Å². The quantitative estimate of drug-likeness (QED) is 0.191. The van der Waals surface area contributed by atoms with E-state index >= 15 is 0 Å². The van der Waals surface area contributed by atoms with Crippen LogP contribution in [0.4, 0.5) is 5.69 Å². The Morgan fingerprint density at radius 2 is 1.78 bits per heavy atom. The van der Waals surface area contributed by atoms with E-state index in [1.807, 2.05) is 22.9 Å². The third-order valence-corrected chi connectivity index (χ3v) is 8.07. The molecule has 41 heavy (non-hydrogen) atoms. The molecule has 0 saturated carbocycles. The lowest BCUT2D eigenvalue weighted by atomic mass is 9.99. The Labute approximate surface area is 241 Å². The van der Waals surface area contributed by atoms with E-state index in [0.29, 0.717) is 36.5 Å². The van der Waals surface area contributed by atoms with Gasteiger partial charge in [0.05, 0.1) is 35.2 Å². The van der Waals surface area contributed by atoms with Crippen LogP contribution in [0.25, 0.3) is 11.3 Å². The van der Waals surface area contributed by atoms with Crippen LogP contribution in [0.1, 0.15) is 49.2 Å². The molecule has 0 aliphatic rings. The van der Waals surface area contributed by atoms with Crippen LogP contribution in [0.15, 0.2) is 96.3 Å². The number of carbonyl (C=O) groups is 1. The number of ether oxygens (including phenoxy) is 1. The number of rotatable bonds is 13. The summed E-state index contributed by atoms with van der Waals surface area (Å²) in [6.45, 7) is 7.25. The molecule has 3 N–H and O–H groups in total. The second-order valence-corrected chi connectivity index (χ2v) is 12.1. The highest BCUT2D eigenvalue weighted by Gasteiger charge is 2.20. The number of esters is 1. The molecule has 9 nitrogen and oxygen atoms in total. The average Bonchev–Trinajstić information content (AvgIpc) is 3.45. The van der Waals surface area contributed by atoms with Crippen molar-refractivity contribution in [2.24, 2.45) is 0 Å². The van der Waals surface area contributed by atoms with Crippen LogP contribution in [0.3, 0.4) is 0 Å². The normalized spacial score (nSPS) is 12.6. The number of benzene rings is 3. The first-order valence-electron chi connectivity index (χ1n) is 13.5. The number of aryl methyl sites for hydroxylation is 1. The van der Waals surface area contributed by atoms with E-state index in [1.165, 1.54) is 12.1 Å². The van der Waals surface area contributed by atoms with Crippen LogP contribution in [-0.2, 0) is 21.3 Å². The number of anilines is 1. The standard InChI is InChI=1S/C31H36N4O5S/c1-4-40-30(37)24-15-13-23(14-16-24)28-21-35(22-32-28)18-17-31(2,3)33-20-29(36)25-9-8-10-26(19-25)34-41(38,39)27-11-6-5-7-12-27/h5-16,19,21-22,29,33-34,36H,4,17-18,20H2,1-3H3. The molecule has 4 aromatic rings. The number of imidazole rings is 1. The fourth-order valence-corrected chi connectivity index (χ4v) is 5.30. The van der Waals surface area contributed by atoms with Crippen molar-refractivity contribution in [2.45, 2.75) is 50.3 Å². The number of hydrogen-bond donors (Lipinski definition) is 3. The lowest BCUT2D eigenvalue weighted by molar-refractivity contribution is 0.0526. The van der Waals surface area contributed by atoms with Gasteiger partial charge in [0.25, 0.3) is 10.0 Å². The Hall–Kier alpha value is -3.99. The molecule has 0 amide bonds. The Morgan fingerprint density at radius 3 is 2.49 bits per heavy atom. The van der Waals surface area contributed by atoms with Gasteiger partial charge in [0.2, 0.25) is 0 Å². The predicted octanol–water partition coefficient (Wildman–Crippen LogP) is 5.02. The lowest BCUT2D eigenvalue weighted by Crippen LogP contribution is -2.42. The number of hydrogen-bond acceptors (Lipinski definition) is 7. The van der Waals surface area contributed by atoms with Gasteiger partial charge in [0, 0.05) is 36.1 Å². The smallest absolute Gasteiger partial charge is 0.338 e. The third kappa shape index (κ3) is 8.26. The minimum atomic E-state index is -3.72. The van der Waals surface area contributed by atoms with Gasteiger partial charge in [-0.25, -0.2) is 18.2 Å². The molecule has 216 valence electrons. The summed E-state index contributed by atoms with van der Waals surface area (Å²) in [5.41, 5.74) is 2.92. The first-order valence-corrected chi connectivity index (χ1v) is 14.9. The number of nitrogens with zero attached hydrogens (tertiary/aromatic N) is 2. The molecule has 1 atom stereocenters. The van der Waals surface area contributed by atoms with Gasteiger partial charge < -0.3 is 19.7 Å². The van der Waals surface area contributed by atoms with Crippen LogP contribution < -0.4 is 10.0 Å². The third-order valence-electron chi connectivity index (χ3n) is 6.67. The Balaban J connectivity index is 1.30. The zero-order chi connectivity index (χ0) is 29.5. The predicted molar refractivity (Wildman–Crippen MR) is 159 cm³/mol. The van der Waals surface area contributed by atoms with Gasteiger partial charge in [0.15, 0.2) is 0 Å². The molecule has 0 spiro atoms. The van der Waals surface area contributed by atoms with Gasteiger partial charge in [-0.05, 0) is 69.2 Å². The van der Waals surface area contributed by atoms with Gasteiger partial charge >= 0.3 is 5.97 Å². The molecule has 4 rings (SSSR count). The van der Waals surface area contributed by atoms with Gasteiger partial charge in [-0.1, -0.05) is 42.5 Å². The zero-order valence-corrected chi connectivity index (χ0v) is 24.3. The Kier molecular flexibility index (Phi) is 9.59. The van der Waals surface area contributed by atoms with Crippen molar-refractivity contribution in [1.29, 1.82) is 0 Å². The summed E-state index contributed by atoms with van der Waals surface area (Å²) in [7, 11) is -3.72. The maximum absolute atomic E-state index is 12.7. The first-order chi connectivity index (χ1) is 19.6. The number of nitrogens with one attached hydrogen (secondary N) is 2. The summed E-state index contributed by atoms with van der Waals surface area (Å²) in [5.74, 6) is -0.343. The molecule has 10 heteroatoms. The van der Waals surface area contributed by atoms with E-state index in [1.54, 1.807) is 67.8 Å². The largest absolute Gasteiger partial charge is 0.462 e. The van der Waals surface area contributed by atoms with Crippen LogP contribution in [-0.4, -0.2) is 47.7 Å². The maximum atomic E-state index is 12.7. The van der Waals surface area contributed by atoms with Crippen molar-refractivity contribution in [3.05, 3.63) is 103 Å². The van der Waals surface area contributed by atoms with E-state index < -0.39 is 16.1 Å². The number of carbonyl (C=O) groups excluding carboxylic acids is 1. The van der Waals surface area contributed by atoms with Crippen LogP contribution in [0.2, 0.25) is 0 Å². The average molecular weight is 577 g/mol. The number of β-amino-alcohol motifs (C(OH)–C–C–N with tert-alkyl or cyclic N) is 1. The van der Waals surface area contributed by atoms with Crippen molar-refractivity contribution in [2.75, 3.05) is 17.9 Å². The van der Waals surface area contributed by atoms with Crippen LogP contribution in [0.5, 0.6) is 0 Å². The van der Waals surface area contributed by atoms with E-state index in [2.05, 4.69) is 28.9 Å². The van der Waals surface area contributed by atoms with Gasteiger partial charge in [-0.15, -0.1) is 0 Å². The zero-order valence-electron chi connectivity index (χ0n) is 23.4. The fourth-order valence-electron chi connectivity index (χ4n) is 4.23. The molecular formula is C31H36N4O5S. The van der Waals surface area contributed by atoms with Gasteiger partial charge in [0.1, 0.15) is 0 Å². The molecule has 3 aromatic carbocycles. The molecular weight excluding hydrogens is 540 g/mol. The molecule has 0 aliphatic carbocycles. The summed E-state index contributed by atoms with van der Waals surface area (Å²) in [4.78, 5) is 16.6. The summed E-state index contributed by atoms with van der Waals surface area (Å²) in [6, 6.07) is 22.1. The molecule has 0 bridgehead atoms. The van der Waals surface area contributed by atoms with Crippen molar-refractivity contribution < 1.29 is 23.1 Å². The monoisotopic (exact) mass is 576 g/mol. The second kappa shape index (κ2) is 13.1. The second-order valence-electron chi connectivity index (χ2n) is 10.4. The molecule has 1 heterocycles. The molecule has 1 unspecified atom stereocenters. The van der Waals surface area contributed by atoms with Crippen LogP contribution in [0, 0.1) is 0 Å². The van der Waals surface area contributed by atoms with Crippen molar-refractivity contribution in [3.63, 3.8) is 0 Å². The Morgan fingerprint density at radius 1 is 1.05 bits per heavy atom. The molecule has 0 radical (unpaired) electrons. The number of sulfonamides is 1. The van der Waals surface area contributed by atoms with Gasteiger partial charge in [-0.2, -0.15) is 0 Å². The highest BCUT2D eigenvalue weighted by atomic mass is 32.2. The summed E-state index contributed by atoms with van der Waals surface area (Å²) in [6.07, 6.45) is 3.69. The molecule has 0 aliphatic heterocycles. The van der Waals surface area contributed by atoms with E-state index in [-0.39, 0.29) is 16.4 Å². The highest BCUT2D eigenvalue weighted by molar-refractivity contribution is 7.92. The number of aliphatic hydroxyl groups is 1. The van der Waals surface area contributed by atoms with Gasteiger partial charge in [-0.3, -0.25) is 4.72 Å².